The summed E-state index contributed by atoms with van der Waals surface area (Å²) in [7, 11) is 0. The molecule has 0 amide bonds. The van der Waals surface area contributed by atoms with Gasteiger partial charge < -0.3 is 15.6 Å². The van der Waals surface area contributed by atoms with Crippen LogP contribution in [0.2, 0.25) is 0 Å². The van der Waals surface area contributed by atoms with Gasteiger partial charge in [-0.2, -0.15) is 0 Å². The van der Waals surface area contributed by atoms with Crippen molar-refractivity contribution in [2.24, 2.45) is 0 Å². The first-order valence-electron chi connectivity index (χ1n) is 2.73. The van der Waals surface area contributed by atoms with Crippen molar-refractivity contribution in [1.82, 2.24) is 0 Å². The predicted octanol–water partition coefficient (Wildman–Crippen LogP) is -1.76. The molecule has 0 rings (SSSR count). The highest BCUT2D eigenvalue weighted by Crippen LogP contribution is 1.80. The lowest BCUT2D eigenvalue weighted by Gasteiger charge is -2.01. The molecular formula is C5H10NO4+. The van der Waals surface area contributed by atoms with E-state index in [0.717, 1.165) is 0 Å². The van der Waals surface area contributed by atoms with Crippen molar-refractivity contribution in [3.05, 3.63) is 0 Å². The van der Waals surface area contributed by atoms with E-state index in [2.05, 4.69) is 10.5 Å². The highest BCUT2D eigenvalue weighted by Gasteiger charge is 2.16. The quantitative estimate of drug-likeness (QED) is 0.464. The zero-order chi connectivity index (χ0) is 8.15. The number of ether oxygens (including phenoxy) is 1. The predicted molar refractivity (Wildman–Crippen MR) is 30.9 cm³/mol. The Kier molecular flexibility index (Phi) is 3.42. The summed E-state index contributed by atoms with van der Waals surface area (Å²) in [6.07, 6.45) is 0. The normalized spacial score (nSPS) is 12.2. The maximum absolute atomic E-state index is 10.1. The largest absolute Gasteiger partial charge is 0.477 e. The van der Waals surface area contributed by atoms with E-state index in [0.29, 0.717) is 0 Å². The average Bonchev–Trinajstić information content (AvgIpc) is 1.82. The number of carbonyl (C=O) groups is 2. The summed E-state index contributed by atoms with van der Waals surface area (Å²) < 4.78 is 4.38. The summed E-state index contributed by atoms with van der Waals surface area (Å²) in [5.74, 6) is -1.56. The molecule has 0 fully saturated rings. The third kappa shape index (κ3) is 3.85. The van der Waals surface area contributed by atoms with Gasteiger partial charge in [0, 0.05) is 6.92 Å². The zero-order valence-corrected chi connectivity index (χ0v) is 5.66. The van der Waals surface area contributed by atoms with Crippen LogP contribution in [0.3, 0.4) is 0 Å². The number of aliphatic carboxylic acids is 1. The van der Waals surface area contributed by atoms with Crippen LogP contribution >= 0.6 is 0 Å². The van der Waals surface area contributed by atoms with Crippen molar-refractivity contribution in [1.29, 1.82) is 0 Å². The molecule has 1 unspecified atom stereocenters. The molecule has 0 radical (unpaired) electrons. The number of carboxylic acid groups (broad SMARTS) is 1. The van der Waals surface area contributed by atoms with E-state index in [4.69, 9.17) is 5.11 Å². The molecule has 5 heteroatoms. The third-order valence-electron chi connectivity index (χ3n) is 0.837. The Labute approximate surface area is 57.8 Å². The first kappa shape index (κ1) is 8.90. The molecule has 10 heavy (non-hydrogen) atoms. The number of hydrogen-bond acceptors (Lipinski definition) is 3. The maximum atomic E-state index is 10.1. The van der Waals surface area contributed by atoms with Gasteiger partial charge in [-0.25, -0.2) is 4.79 Å². The maximum Gasteiger partial charge on any atom is 0.366 e. The Hall–Kier alpha value is -1.10. The van der Waals surface area contributed by atoms with Gasteiger partial charge in [-0.1, -0.05) is 0 Å². The van der Waals surface area contributed by atoms with Crippen LogP contribution in [0.1, 0.15) is 6.92 Å². The highest BCUT2D eigenvalue weighted by atomic mass is 16.5. The molecule has 0 aliphatic heterocycles. The summed E-state index contributed by atoms with van der Waals surface area (Å²) in [5, 5.41) is 8.24. The molecule has 0 spiro atoms. The van der Waals surface area contributed by atoms with Crippen molar-refractivity contribution in [2.45, 2.75) is 13.0 Å². The Morgan fingerprint density at radius 3 is 2.50 bits per heavy atom. The molecular weight excluding hydrogens is 138 g/mol. The first-order valence-corrected chi connectivity index (χ1v) is 2.73. The van der Waals surface area contributed by atoms with E-state index in [1.54, 1.807) is 0 Å². The lowest BCUT2D eigenvalue weighted by Crippen LogP contribution is -2.67. The smallest absolute Gasteiger partial charge is 0.366 e. The fourth-order valence-electron chi connectivity index (χ4n) is 0.289. The van der Waals surface area contributed by atoms with Crippen LogP contribution in [-0.2, 0) is 14.3 Å². The highest BCUT2D eigenvalue weighted by molar-refractivity contribution is 5.72. The van der Waals surface area contributed by atoms with E-state index in [1.807, 2.05) is 0 Å². The topological polar surface area (TPSA) is 91.2 Å². The van der Waals surface area contributed by atoms with E-state index >= 15 is 0 Å². The Balaban J connectivity index is 3.49. The second-order valence-electron chi connectivity index (χ2n) is 1.84. The van der Waals surface area contributed by atoms with Gasteiger partial charge in [0.1, 0.15) is 0 Å². The van der Waals surface area contributed by atoms with E-state index in [9.17, 15) is 9.59 Å². The minimum absolute atomic E-state index is 0.162. The van der Waals surface area contributed by atoms with Gasteiger partial charge >= 0.3 is 11.9 Å². The van der Waals surface area contributed by atoms with Crippen LogP contribution in [0.5, 0.6) is 0 Å². The molecule has 0 heterocycles. The van der Waals surface area contributed by atoms with Gasteiger partial charge in [0.2, 0.25) is 6.04 Å². The Morgan fingerprint density at radius 1 is 1.70 bits per heavy atom. The lowest BCUT2D eigenvalue weighted by molar-refractivity contribution is -0.412. The summed E-state index contributed by atoms with van der Waals surface area (Å²) in [4.78, 5) is 20.2. The lowest BCUT2D eigenvalue weighted by atomic mass is 10.3. The van der Waals surface area contributed by atoms with Crippen LogP contribution < -0.4 is 5.73 Å². The molecule has 0 aliphatic carbocycles. The van der Waals surface area contributed by atoms with Crippen molar-refractivity contribution in [3.63, 3.8) is 0 Å². The molecule has 5 nitrogen and oxygen atoms in total. The number of carboxylic acids is 1. The zero-order valence-electron chi connectivity index (χ0n) is 5.66. The second-order valence-corrected chi connectivity index (χ2v) is 1.84. The fraction of sp³-hybridized carbons (Fsp3) is 0.600. The molecule has 1 atom stereocenters. The van der Waals surface area contributed by atoms with Gasteiger partial charge in [0.05, 0.1) is 0 Å². The van der Waals surface area contributed by atoms with Crippen LogP contribution in [0, 0.1) is 0 Å². The van der Waals surface area contributed by atoms with Crippen molar-refractivity contribution >= 4 is 11.9 Å². The van der Waals surface area contributed by atoms with Crippen molar-refractivity contribution < 1.29 is 25.2 Å². The van der Waals surface area contributed by atoms with Gasteiger partial charge in [0.15, 0.2) is 6.61 Å². The number of carbonyl (C=O) groups excluding carboxylic acids is 1. The number of hydrogen-bond donors (Lipinski definition) is 2. The first-order chi connectivity index (χ1) is 4.54. The number of esters is 1. The minimum atomic E-state index is -1.07. The summed E-state index contributed by atoms with van der Waals surface area (Å²) in [6, 6.07) is -0.871. The van der Waals surface area contributed by atoms with E-state index < -0.39 is 18.0 Å². The van der Waals surface area contributed by atoms with Gasteiger partial charge in [-0.15, -0.1) is 0 Å². The molecule has 0 aromatic rings. The number of rotatable bonds is 3. The van der Waals surface area contributed by atoms with Crippen LogP contribution in [0.25, 0.3) is 0 Å². The van der Waals surface area contributed by atoms with Crippen molar-refractivity contribution in [2.75, 3.05) is 6.61 Å². The van der Waals surface area contributed by atoms with Gasteiger partial charge in [-0.3, -0.25) is 4.79 Å². The summed E-state index contributed by atoms with van der Waals surface area (Å²) in [6.45, 7) is 1.05. The molecule has 0 bridgehead atoms. The molecule has 0 aliphatic rings. The molecule has 58 valence electrons. The minimum Gasteiger partial charge on any atom is -0.477 e. The molecule has 0 saturated carbocycles. The third-order valence-corrected chi connectivity index (χ3v) is 0.837. The summed E-state index contributed by atoms with van der Waals surface area (Å²) in [5.41, 5.74) is 3.23. The van der Waals surface area contributed by atoms with Crippen LogP contribution in [0.4, 0.5) is 0 Å². The second kappa shape index (κ2) is 3.84. The van der Waals surface area contributed by atoms with Gasteiger partial charge in [-0.05, 0) is 0 Å². The summed E-state index contributed by atoms with van der Waals surface area (Å²) >= 11 is 0. The van der Waals surface area contributed by atoms with Crippen LogP contribution in [-0.4, -0.2) is 29.7 Å². The monoisotopic (exact) mass is 148 g/mol. The van der Waals surface area contributed by atoms with Crippen molar-refractivity contribution in [3.8, 4) is 0 Å². The average molecular weight is 148 g/mol. The van der Waals surface area contributed by atoms with Crippen LogP contribution in [0.15, 0.2) is 0 Å². The molecule has 0 aromatic heterocycles. The Morgan fingerprint density at radius 2 is 2.20 bits per heavy atom. The fourth-order valence-corrected chi connectivity index (χ4v) is 0.289. The molecule has 0 saturated heterocycles. The SMILES string of the molecule is CC(=O)OCC([NH3+])C(=O)O. The van der Waals surface area contributed by atoms with E-state index in [-0.39, 0.29) is 6.61 Å². The molecule has 0 aromatic carbocycles. The Bertz CT molecular complexity index is 145. The van der Waals surface area contributed by atoms with E-state index in [1.165, 1.54) is 6.92 Å². The molecule has 4 N–H and O–H groups in total. The standard InChI is InChI=1S/C5H9NO4/c1-3(7)10-2-4(6)5(8)9/h4H,2,6H2,1H3,(H,8,9)/p+1. The number of quaternary nitrogens is 1. The van der Waals surface area contributed by atoms with Gasteiger partial charge in [0.25, 0.3) is 0 Å².